The molecule has 5 heteroatoms. The molecule has 3 fully saturated rings. The second-order valence-electron chi connectivity index (χ2n) is 13.9. The van der Waals surface area contributed by atoms with Crippen molar-refractivity contribution in [2.75, 3.05) is 6.61 Å². The van der Waals surface area contributed by atoms with Crippen molar-refractivity contribution in [3.05, 3.63) is 46.3 Å². The molecule has 0 aliphatic heterocycles. The summed E-state index contributed by atoms with van der Waals surface area (Å²) in [5, 5.41) is 10.3. The van der Waals surface area contributed by atoms with E-state index in [1.165, 1.54) is 12.5 Å². The number of rotatable bonds is 3. The molecule has 0 aromatic heterocycles. The van der Waals surface area contributed by atoms with Crippen molar-refractivity contribution in [2.45, 2.75) is 93.4 Å². The number of hydrogen-bond donors (Lipinski definition) is 1. The predicted molar refractivity (Wildman–Crippen MR) is 143 cm³/mol. The topological polar surface area (TPSA) is 80.7 Å². The van der Waals surface area contributed by atoms with E-state index in [0.717, 1.165) is 56.1 Å². The van der Waals surface area contributed by atoms with Crippen LogP contribution < -0.4 is 0 Å². The van der Waals surface area contributed by atoms with Gasteiger partial charge >= 0.3 is 5.97 Å². The summed E-state index contributed by atoms with van der Waals surface area (Å²) in [5.41, 5.74) is 3.28. The van der Waals surface area contributed by atoms with Crippen LogP contribution in [0.2, 0.25) is 0 Å². The Labute approximate surface area is 221 Å². The van der Waals surface area contributed by atoms with Gasteiger partial charge in [-0.3, -0.25) is 14.4 Å². The highest BCUT2D eigenvalue weighted by atomic mass is 16.5. The molecule has 0 unspecified atom stereocenters. The van der Waals surface area contributed by atoms with E-state index < -0.39 is 5.41 Å². The Balaban J connectivity index is 1.56. The van der Waals surface area contributed by atoms with Crippen LogP contribution in [0.4, 0.5) is 0 Å². The molecule has 37 heavy (non-hydrogen) atoms. The highest BCUT2D eigenvalue weighted by molar-refractivity contribution is 6.06. The molecule has 3 saturated carbocycles. The van der Waals surface area contributed by atoms with Crippen LogP contribution in [-0.4, -0.2) is 29.2 Å². The number of hydrogen-bond acceptors (Lipinski definition) is 5. The van der Waals surface area contributed by atoms with Crippen LogP contribution in [0.25, 0.3) is 0 Å². The van der Waals surface area contributed by atoms with Crippen molar-refractivity contribution in [3.63, 3.8) is 0 Å². The largest absolute Gasteiger partial charge is 0.504 e. The van der Waals surface area contributed by atoms with Crippen LogP contribution in [-0.2, 0) is 19.1 Å². The second kappa shape index (κ2) is 8.04. The summed E-state index contributed by atoms with van der Waals surface area (Å²) in [6.07, 6.45) is 12.7. The van der Waals surface area contributed by atoms with Gasteiger partial charge in [0.15, 0.2) is 11.5 Å². The Bertz CT molecular complexity index is 1230. The van der Waals surface area contributed by atoms with Gasteiger partial charge in [0.25, 0.3) is 0 Å². The molecule has 5 aliphatic carbocycles. The SMILES string of the molecule is CC(=O)COC(=O)[C@]1(C)CC[C@]2(C)CC[C@]3(C)C4=CC=C5C(=CC(=O)C(O)=C5C)[C@]4(C)CC[C@@]3(C)[C@@H]2C1. The molecule has 200 valence electrons. The van der Waals surface area contributed by atoms with E-state index in [1.807, 2.05) is 13.8 Å². The lowest BCUT2D eigenvalue weighted by Crippen LogP contribution is -2.62. The van der Waals surface area contributed by atoms with Gasteiger partial charge < -0.3 is 9.84 Å². The molecule has 0 spiro atoms. The van der Waals surface area contributed by atoms with Crippen molar-refractivity contribution in [2.24, 2.45) is 33.0 Å². The Kier molecular flexibility index (Phi) is 5.69. The number of ether oxygens (including phenoxy) is 1. The van der Waals surface area contributed by atoms with Gasteiger partial charge in [-0.2, -0.15) is 0 Å². The molecule has 5 rings (SSSR count). The molecule has 0 amide bonds. The zero-order chi connectivity index (χ0) is 27.2. The van der Waals surface area contributed by atoms with Gasteiger partial charge in [0.2, 0.25) is 5.78 Å². The van der Waals surface area contributed by atoms with E-state index in [0.29, 0.717) is 11.5 Å². The third-order valence-corrected chi connectivity index (χ3v) is 11.8. The number of esters is 1. The predicted octanol–water partition coefficient (Wildman–Crippen LogP) is 6.75. The van der Waals surface area contributed by atoms with Gasteiger partial charge in [0.1, 0.15) is 6.61 Å². The normalized spacial score (nSPS) is 42.8. The highest BCUT2D eigenvalue weighted by Gasteiger charge is 2.67. The first-order chi connectivity index (χ1) is 17.1. The van der Waals surface area contributed by atoms with Gasteiger partial charge in [-0.1, -0.05) is 45.4 Å². The first kappa shape index (κ1) is 26.2. The van der Waals surface area contributed by atoms with Crippen LogP contribution in [0.1, 0.15) is 93.4 Å². The van der Waals surface area contributed by atoms with Crippen LogP contribution in [0.3, 0.4) is 0 Å². The lowest BCUT2D eigenvalue weighted by molar-refractivity contribution is -0.182. The van der Waals surface area contributed by atoms with Crippen LogP contribution in [0, 0.1) is 33.0 Å². The Morgan fingerprint density at radius 2 is 1.68 bits per heavy atom. The molecule has 0 aromatic carbocycles. The summed E-state index contributed by atoms with van der Waals surface area (Å²) >= 11 is 0. The average molecular weight is 507 g/mol. The maximum absolute atomic E-state index is 13.2. The monoisotopic (exact) mass is 506 g/mol. The number of aliphatic hydroxyl groups excluding tert-OH is 1. The molecule has 0 radical (unpaired) electrons. The van der Waals surface area contributed by atoms with Gasteiger partial charge in [0.05, 0.1) is 5.41 Å². The molecule has 0 saturated heterocycles. The first-order valence-corrected chi connectivity index (χ1v) is 13.9. The van der Waals surface area contributed by atoms with Crippen LogP contribution in [0.5, 0.6) is 0 Å². The quantitative estimate of drug-likeness (QED) is 0.429. The number of carbonyl (C=O) groups excluding carboxylic acids is 3. The number of aliphatic hydroxyl groups is 1. The lowest BCUT2D eigenvalue weighted by Gasteiger charge is -2.70. The minimum Gasteiger partial charge on any atom is -0.504 e. The zero-order valence-electron chi connectivity index (χ0n) is 23.5. The average Bonchev–Trinajstić information content (AvgIpc) is 2.84. The van der Waals surface area contributed by atoms with Crippen LogP contribution >= 0.6 is 0 Å². The number of ketones is 2. The molecular weight excluding hydrogens is 464 g/mol. The summed E-state index contributed by atoms with van der Waals surface area (Å²) in [5.74, 6) is -0.473. The molecule has 5 aliphatic rings. The van der Waals surface area contributed by atoms with E-state index in [4.69, 9.17) is 4.74 Å². The fourth-order valence-corrected chi connectivity index (χ4v) is 8.98. The summed E-state index contributed by atoms with van der Waals surface area (Å²) < 4.78 is 5.47. The van der Waals surface area contributed by atoms with E-state index in [-0.39, 0.29) is 51.6 Å². The van der Waals surface area contributed by atoms with Crippen molar-refractivity contribution < 1.29 is 24.2 Å². The molecule has 0 heterocycles. The molecular formula is C32H42O5. The standard InChI is InChI=1S/C32H42O5/c1-19(33)18-37-27(36)29(4)11-10-28(3)12-14-31(6)24-9-8-21-20(2)26(35)23(34)16-22(21)30(24,5)13-15-32(31,7)25(28)17-29/h8-9,16,25,35H,10-15,17-18H2,1-7H3/t25-,28-,29-,30+,31-,32+/m1/s1. The van der Waals surface area contributed by atoms with Gasteiger partial charge in [0, 0.05) is 11.0 Å². The first-order valence-electron chi connectivity index (χ1n) is 13.9. The van der Waals surface area contributed by atoms with Gasteiger partial charge in [-0.05, 0) is 105 Å². The fraction of sp³-hybridized carbons (Fsp3) is 0.656. The Hall–Kier alpha value is -2.43. The zero-order valence-corrected chi connectivity index (χ0v) is 23.5. The number of fused-ring (bicyclic) bond motifs is 7. The maximum Gasteiger partial charge on any atom is 0.312 e. The Morgan fingerprint density at radius 1 is 1.00 bits per heavy atom. The smallest absolute Gasteiger partial charge is 0.312 e. The molecule has 1 N–H and O–H groups in total. The molecule has 6 atom stereocenters. The fourth-order valence-electron chi connectivity index (χ4n) is 8.98. The maximum atomic E-state index is 13.2. The van der Waals surface area contributed by atoms with Gasteiger partial charge in [-0.25, -0.2) is 0 Å². The summed E-state index contributed by atoms with van der Waals surface area (Å²) in [6.45, 7) is 14.7. The molecule has 0 aromatic rings. The minimum absolute atomic E-state index is 0.0223. The number of carbonyl (C=O) groups is 3. The minimum atomic E-state index is -0.590. The third-order valence-electron chi connectivity index (χ3n) is 11.8. The summed E-state index contributed by atoms with van der Waals surface area (Å²) in [7, 11) is 0. The van der Waals surface area contributed by atoms with Crippen molar-refractivity contribution >= 4 is 17.5 Å². The van der Waals surface area contributed by atoms with Crippen molar-refractivity contribution in [3.8, 4) is 0 Å². The Morgan fingerprint density at radius 3 is 2.35 bits per heavy atom. The summed E-state index contributed by atoms with van der Waals surface area (Å²) in [6, 6.07) is 0. The van der Waals surface area contributed by atoms with E-state index in [1.54, 1.807) is 6.08 Å². The highest BCUT2D eigenvalue weighted by Crippen LogP contribution is 2.75. The van der Waals surface area contributed by atoms with Crippen molar-refractivity contribution in [1.29, 1.82) is 0 Å². The lowest BCUT2D eigenvalue weighted by atomic mass is 9.34. The second-order valence-corrected chi connectivity index (χ2v) is 13.9. The number of allylic oxidation sites excluding steroid dienone is 7. The van der Waals surface area contributed by atoms with Crippen molar-refractivity contribution in [1.82, 2.24) is 0 Å². The molecule has 5 nitrogen and oxygen atoms in total. The molecule has 0 bridgehead atoms. The number of Topliss-reactive ketones (excluding diaryl/α,β-unsaturated/α-hetero) is 1. The van der Waals surface area contributed by atoms with E-state index in [2.05, 4.69) is 39.8 Å². The van der Waals surface area contributed by atoms with E-state index in [9.17, 15) is 19.5 Å². The van der Waals surface area contributed by atoms with Gasteiger partial charge in [-0.15, -0.1) is 0 Å². The van der Waals surface area contributed by atoms with Crippen LogP contribution in [0.15, 0.2) is 46.3 Å². The van der Waals surface area contributed by atoms with E-state index >= 15 is 0 Å². The summed E-state index contributed by atoms with van der Waals surface area (Å²) in [4.78, 5) is 37.4. The third kappa shape index (κ3) is 3.44.